The van der Waals surface area contributed by atoms with Gasteiger partial charge in [-0.1, -0.05) is 23.2 Å². The van der Waals surface area contributed by atoms with Crippen molar-refractivity contribution < 1.29 is 40.3 Å². The Morgan fingerprint density at radius 2 is 1.48 bits per heavy atom. The van der Waals surface area contributed by atoms with Crippen LogP contribution in [0.3, 0.4) is 0 Å². The molecule has 2 nitrogen and oxygen atoms in total. The molecule has 0 aromatic heterocycles. The SMILES string of the molecule is O=C(OC(C(F)(F)F)C(F)(F)F)c1cc(F)c(Cl)cc1Cl. The van der Waals surface area contributed by atoms with Crippen molar-refractivity contribution in [1.82, 2.24) is 0 Å². The summed E-state index contributed by atoms with van der Waals surface area (Å²) in [6, 6.07) is 0.919. The van der Waals surface area contributed by atoms with E-state index in [0.29, 0.717) is 6.07 Å². The number of carbonyl (C=O) groups is 1. The minimum Gasteiger partial charge on any atom is -0.439 e. The molecule has 0 aliphatic rings. The molecule has 1 aromatic carbocycles. The van der Waals surface area contributed by atoms with Crippen molar-refractivity contribution in [2.45, 2.75) is 18.5 Å². The number of halogens is 9. The van der Waals surface area contributed by atoms with Crippen molar-refractivity contribution in [3.05, 3.63) is 33.6 Å². The topological polar surface area (TPSA) is 26.3 Å². The zero-order chi connectivity index (χ0) is 16.6. The first-order chi connectivity index (χ1) is 9.34. The van der Waals surface area contributed by atoms with Crippen molar-refractivity contribution >= 4 is 29.2 Å². The molecule has 0 unspecified atom stereocenters. The Bertz CT molecular complexity index is 540. The van der Waals surface area contributed by atoms with Crippen molar-refractivity contribution in [1.29, 1.82) is 0 Å². The molecule has 0 aliphatic heterocycles. The molecule has 118 valence electrons. The van der Waals surface area contributed by atoms with Gasteiger partial charge in [-0.2, -0.15) is 26.3 Å². The second-order valence-corrected chi connectivity index (χ2v) is 4.43. The highest BCUT2D eigenvalue weighted by molar-refractivity contribution is 6.36. The Morgan fingerprint density at radius 3 is 1.90 bits per heavy atom. The van der Waals surface area contributed by atoms with Crippen LogP contribution in [0.1, 0.15) is 10.4 Å². The molecule has 0 N–H and O–H groups in total. The third-order valence-corrected chi connectivity index (χ3v) is 2.65. The Kier molecular flexibility index (Phi) is 4.99. The normalized spacial score (nSPS) is 12.7. The second kappa shape index (κ2) is 5.88. The number of hydrogen-bond acceptors (Lipinski definition) is 2. The van der Waals surface area contributed by atoms with E-state index in [2.05, 4.69) is 4.74 Å². The molecule has 0 aliphatic carbocycles. The minimum absolute atomic E-state index is 0.275. The molecule has 0 fully saturated rings. The third-order valence-electron chi connectivity index (χ3n) is 2.05. The van der Waals surface area contributed by atoms with E-state index < -0.39 is 45.9 Å². The van der Waals surface area contributed by atoms with E-state index >= 15 is 0 Å². The van der Waals surface area contributed by atoms with Gasteiger partial charge in [0.25, 0.3) is 6.10 Å². The largest absolute Gasteiger partial charge is 0.439 e. The number of carbonyl (C=O) groups excluding carboxylic acids is 1. The number of alkyl halides is 6. The zero-order valence-electron chi connectivity index (χ0n) is 9.45. The monoisotopic (exact) mass is 358 g/mol. The fourth-order valence-electron chi connectivity index (χ4n) is 1.17. The predicted octanol–water partition coefficient (Wildman–Crippen LogP) is 4.78. The number of benzene rings is 1. The van der Waals surface area contributed by atoms with Gasteiger partial charge in [-0.05, 0) is 12.1 Å². The fraction of sp³-hybridized carbons (Fsp3) is 0.300. The average molecular weight is 359 g/mol. The van der Waals surface area contributed by atoms with Crippen molar-refractivity contribution in [2.75, 3.05) is 0 Å². The van der Waals surface area contributed by atoms with Crippen LogP contribution in [-0.4, -0.2) is 24.4 Å². The summed E-state index contributed by atoms with van der Waals surface area (Å²) in [5, 5.41) is -1.23. The van der Waals surface area contributed by atoms with Crippen LogP contribution in [0.5, 0.6) is 0 Å². The van der Waals surface area contributed by atoms with Crippen LogP contribution in [0.2, 0.25) is 10.0 Å². The van der Waals surface area contributed by atoms with Gasteiger partial charge in [0, 0.05) is 0 Å². The van der Waals surface area contributed by atoms with Gasteiger partial charge in [0.15, 0.2) is 0 Å². The lowest BCUT2D eigenvalue weighted by molar-refractivity contribution is -0.307. The summed E-state index contributed by atoms with van der Waals surface area (Å²) < 4.78 is 89.7. The van der Waals surface area contributed by atoms with Crippen LogP contribution >= 0.6 is 23.2 Å². The maximum Gasteiger partial charge on any atom is 0.434 e. The van der Waals surface area contributed by atoms with E-state index in [4.69, 9.17) is 23.2 Å². The van der Waals surface area contributed by atoms with Crippen LogP contribution in [0.4, 0.5) is 30.7 Å². The lowest BCUT2D eigenvalue weighted by Crippen LogP contribution is -2.45. The Morgan fingerprint density at radius 1 is 1.00 bits per heavy atom. The van der Waals surface area contributed by atoms with E-state index in [1.165, 1.54) is 0 Å². The summed E-state index contributed by atoms with van der Waals surface area (Å²) in [6.07, 6.45) is -16.1. The van der Waals surface area contributed by atoms with Gasteiger partial charge in [-0.25, -0.2) is 9.18 Å². The summed E-state index contributed by atoms with van der Waals surface area (Å²) in [7, 11) is 0. The molecule has 21 heavy (non-hydrogen) atoms. The van der Waals surface area contributed by atoms with Gasteiger partial charge < -0.3 is 4.74 Å². The Balaban J connectivity index is 3.12. The highest BCUT2D eigenvalue weighted by Gasteiger charge is 2.60. The van der Waals surface area contributed by atoms with Crippen LogP contribution in [-0.2, 0) is 4.74 Å². The van der Waals surface area contributed by atoms with Crippen molar-refractivity contribution in [3.63, 3.8) is 0 Å². The minimum atomic E-state index is -5.88. The van der Waals surface area contributed by atoms with Crippen molar-refractivity contribution in [2.24, 2.45) is 0 Å². The van der Waals surface area contributed by atoms with E-state index in [-0.39, 0.29) is 6.07 Å². The molecule has 0 spiro atoms. The molecule has 1 aromatic rings. The van der Waals surface area contributed by atoms with Crippen LogP contribution in [0.25, 0.3) is 0 Å². The van der Waals surface area contributed by atoms with Crippen LogP contribution < -0.4 is 0 Å². The van der Waals surface area contributed by atoms with Gasteiger partial charge >= 0.3 is 18.3 Å². The van der Waals surface area contributed by atoms with Gasteiger partial charge in [-0.3, -0.25) is 0 Å². The van der Waals surface area contributed by atoms with E-state index in [1.807, 2.05) is 0 Å². The third kappa shape index (κ3) is 4.37. The summed E-state index contributed by atoms with van der Waals surface area (Å²) in [5.74, 6) is -3.35. The number of esters is 1. The molecule has 0 radical (unpaired) electrons. The standard InChI is InChI=1S/C10H3Cl2F7O2/c11-4-2-5(12)6(13)1-3(4)7(20)21-8(9(14,15)16)10(17,18)19/h1-2,8H. The molecule has 0 heterocycles. The summed E-state index contributed by atoms with van der Waals surface area (Å²) >= 11 is 10.7. The Labute approximate surface area is 122 Å². The van der Waals surface area contributed by atoms with Gasteiger partial charge in [-0.15, -0.1) is 0 Å². The lowest BCUT2D eigenvalue weighted by atomic mass is 10.2. The molecular formula is C10H3Cl2F7O2. The summed E-state index contributed by atoms with van der Waals surface area (Å²) in [4.78, 5) is 11.3. The maximum atomic E-state index is 13.1. The van der Waals surface area contributed by atoms with Crippen molar-refractivity contribution in [3.8, 4) is 0 Å². The molecule has 11 heteroatoms. The zero-order valence-corrected chi connectivity index (χ0v) is 11.0. The second-order valence-electron chi connectivity index (χ2n) is 3.61. The smallest absolute Gasteiger partial charge is 0.434 e. The van der Waals surface area contributed by atoms with Crippen LogP contribution in [0.15, 0.2) is 12.1 Å². The summed E-state index contributed by atoms with van der Waals surface area (Å²) in [5.41, 5.74) is -1.02. The number of ether oxygens (including phenoxy) is 1. The molecule has 0 amide bonds. The first-order valence-electron chi connectivity index (χ1n) is 4.83. The molecule has 1 rings (SSSR count). The maximum absolute atomic E-state index is 13.1. The lowest BCUT2D eigenvalue weighted by Gasteiger charge is -2.23. The molecule has 0 saturated heterocycles. The molecular weight excluding hydrogens is 356 g/mol. The van der Waals surface area contributed by atoms with Crippen LogP contribution in [0, 0.1) is 5.82 Å². The van der Waals surface area contributed by atoms with E-state index in [1.54, 1.807) is 0 Å². The van der Waals surface area contributed by atoms with E-state index in [0.717, 1.165) is 0 Å². The first-order valence-corrected chi connectivity index (χ1v) is 5.58. The highest BCUT2D eigenvalue weighted by atomic mass is 35.5. The highest BCUT2D eigenvalue weighted by Crippen LogP contribution is 2.36. The number of hydrogen-bond donors (Lipinski definition) is 0. The predicted molar refractivity (Wildman–Crippen MR) is 57.7 cm³/mol. The molecule has 0 atom stereocenters. The quantitative estimate of drug-likeness (QED) is 0.432. The first kappa shape index (κ1) is 17.8. The summed E-state index contributed by atoms with van der Waals surface area (Å²) in [6.45, 7) is 0. The average Bonchev–Trinajstić information content (AvgIpc) is 2.27. The fourth-order valence-corrected chi connectivity index (χ4v) is 1.63. The number of rotatable bonds is 2. The van der Waals surface area contributed by atoms with Gasteiger partial charge in [0.1, 0.15) is 5.82 Å². The van der Waals surface area contributed by atoms with E-state index in [9.17, 15) is 35.5 Å². The van der Waals surface area contributed by atoms with Gasteiger partial charge in [0.2, 0.25) is 0 Å². The van der Waals surface area contributed by atoms with Gasteiger partial charge in [0.05, 0.1) is 15.6 Å². The Hall–Kier alpha value is -1.22. The molecule has 0 saturated carbocycles. The molecule has 0 bridgehead atoms.